The highest BCUT2D eigenvalue weighted by Crippen LogP contribution is 1.95. The van der Waals surface area contributed by atoms with E-state index in [1.807, 2.05) is 0 Å². The van der Waals surface area contributed by atoms with Gasteiger partial charge in [0, 0.05) is 33.2 Å². The molecule has 0 atom stereocenters. The zero-order chi connectivity index (χ0) is 10.5. The van der Waals surface area contributed by atoms with Gasteiger partial charge < -0.3 is 14.6 Å². The summed E-state index contributed by atoms with van der Waals surface area (Å²) in [4.78, 5) is 0. The number of ether oxygens (including phenoxy) is 2. The average molecular weight is 200 g/mol. The molecular formula is C11H20O3. The van der Waals surface area contributed by atoms with E-state index in [1.54, 1.807) is 7.11 Å². The van der Waals surface area contributed by atoms with Gasteiger partial charge in [0.2, 0.25) is 0 Å². The molecule has 0 aliphatic heterocycles. The maximum atomic E-state index is 8.49. The number of unbranched alkanes of at least 4 members (excludes halogenated alkanes) is 3. The molecule has 0 aromatic carbocycles. The quantitative estimate of drug-likeness (QED) is 0.367. The first kappa shape index (κ1) is 13.4. The third-order valence-corrected chi connectivity index (χ3v) is 1.63. The number of methoxy groups -OCH3 is 1. The molecule has 0 aromatic rings. The molecule has 0 bridgehead atoms. The lowest BCUT2D eigenvalue weighted by Crippen LogP contribution is -1.97. The molecule has 0 rings (SSSR count). The van der Waals surface area contributed by atoms with E-state index in [4.69, 9.17) is 14.6 Å². The van der Waals surface area contributed by atoms with Crippen LogP contribution in [0.3, 0.4) is 0 Å². The topological polar surface area (TPSA) is 38.7 Å². The molecule has 1 N–H and O–H groups in total. The number of hydrogen-bond donors (Lipinski definition) is 1. The monoisotopic (exact) mass is 200 g/mol. The predicted molar refractivity (Wildman–Crippen MR) is 55.8 cm³/mol. The van der Waals surface area contributed by atoms with Gasteiger partial charge in [-0.25, -0.2) is 0 Å². The molecule has 0 aromatic heterocycles. The first-order valence-corrected chi connectivity index (χ1v) is 5.05. The Balaban J connectivity index is 2.99. The molecule has 0 aliphatic carbocycles. The van der Waals surface area contributed by atoms with Crippen LogP contribution in [0, 0.1) is 11.8 Å². The summed E-state index contributed by atoms with van der Waals surface area (Å²) < 4.78 is 9.86. The van der Waals surface area contributed by atoms with Crippen LogP contribution in [0.5, 0.6) is 0 Å². The van der Waals surface area contributed by atoms with Crippen molar-refractivity contribution in [2.24, 2.45) is 0 Å². The SMILES string of the molecule is COCOCCCCC#CCCCO. The zero-order valence-corrected chi connectivity index (χ0v) is 8.92. The lowest BCUT2D eigenvalue weighted by atomic mass is 10.2. The van der Waals surface area contributed by atoms with Crippen molar-refractivity contribution >= 4 is 0 Å². The maximum Gasteiger partial charge on any atom is 0.146 e. The summed E-state index contributed by atoms with van der Waals surface area (Å²) in [5, 5.41) is 8.49. The number of aliphatic hydroxyl groups excluding tert-OH is 1. The Hall–Kier alpha value is -0.560. The van der Waals surface area contributed by atoms with E-state index in [2.05, 4.69) is 11.8 Å². The summed E-state index contributed by atoms with van der Waals surface area (Å²) in [7, 11) is 1.62. The summed E-state index contributed by atoms with van der Waals surface area (Å²) in [6.45, 7) is 1.36. The predicted octanol–water partition coefficient (Wildman–Crippen LogP) is 1.55. The van der Waals surface area contributed by atoms with Crippen LogP contribution < -0.4 is 0 Å². The van der Waals surface area contributed by atoms with Crippen molar-refractivity contribution in [2.45, 2.75) is 32.1 Å². The fourth-order valence-corrected chi connectivity index (χ4v) is 0.904. The van der Waals surface area contributed by atoms with Gasteiger partial charge in [0.25, 0.3) is 0 Å². The zero-order valence-electron chi connectivity index (χ0n) is 8.92. The minimum absolute atomic E-state index is 0.236. The van der Waals surface area contributed by atoms with Gasteiger partial charge in [0.05, 0.1) is 0 Å². The molecule has 0 saturated carbocycles. The Morgan fingerprint density at radius 3 is 2.43 bits per heavy atom. The molecule has 14 heavy (non-hydrogen) atoms. The molecule has 0 aliphatic rings. The van der Waals surface area contributed by atoms with Gasteiger partial charge in [-0.2, -0.15) is 0 Å². The number of rotatable bonds is 8. The lowest BCUT2D eigenvalue weighted by Gasteiger charge is -1.99. The van der Waals surface area contributed by atoms with E-state index >= 15 is 0 Å². The molecule has 0 spiro atoms. The minimum atomic E-state index is 0.236. The second-order valence-corrected chi connectivity index (χ2v) is 2.95. The minimum Gasteiger partial charge on any atom is -0.396 e. The first-order chi connectivity index (χ1) is 6.91. The van der Waals surface area contributed by atoms with Crippen LogP contribution in [0.2, 0.25) is 0 Å². The van der Waals surface area contributed by atoms with E-state index < -0.39 is 0 Å². The molecule has 3 heteroatoms. The van der Waals surface area contributed by atoms with Crippen LogP contribution in [0.15, 0.2) is 0 Å². The molecule has 0 saturated heterocycles. The highest BCUT2D eigenvalue weighted by molar-refractivity contribution is 4.98. The van der Waals surface area contributed by atoms with E-state index in [1.165, 1.54) is 0 Å². The van der Waals surface area contributed by atoms with Crippen molar-refractivity contribution in [3.63, 3.8) is 0 Å². The average Bonchev–Trinajstić information content (AvgIpc) is 2.21. The highest BCUT2D eigenvalue weighted by atomic mass is 16.7. The molecule has 82 valence electrons. The van der Waals surface area contributed by atoms with Crippen molar-refractivity contribution in [1.82, 2.24) is 0 Å². The van der Waals surface area contributed by atoms with Crippen molar-refractivity contribution < 1.29 is 14.6 Å². The number of aliphatic hydroxyl groups is 1. The summed E-state index contributed by atoms with van der Waals surface area (Å²) in [6.07, 6.45) is 4.59. The van der Waals surface area contributed by atoms with Gasteiger partial charge in [-0.1, -0.05) is 0 Å². The third-order valence-electron chi connectivity index (χ3n) is 1.63. The van der Waals surface area contributed by atoms with Gasteiger partial charge in [-0.05, 0) is 19.3 Å². The molecular weight excluding hydrogens is 180 g/mol. The Morgan fingerprint density at radius 2 is 1.79 bits per heavy atom. The van der Waals surface area contributed by atoms with Gasteiger partial charge >= 0.3 is 0 Å². The van der Waals surface area contributed by atoms with Crippen LogP contribution in [0.1, 0.15) is 32.1 Å². The van der Waals surface area contributed by atoms with Crippen LogP contribution >= 0.6 is 0 Å². The number of hydrogen-bond acceptors (Lipinski definition) is 3. The van der Waals surface area contributed by atoms with Gasteiger partial charge in [-0.3, -0.25) is 0 Å². The second-order valence-electron chi connectivity index (χ2n) is 2.95. The van der Waals surface area contributed by atoms with E-state index in [0.717, 1.165) is 38.7 Å². The fraction of sp³-hybridized carbons (Fsp3) is 0.818. The van der Waals surface area contributed by atoms with E-state index in [9.17, 15) is 0 Å². The van der Waals surface area contributed by atoms with Crippen LogP contribution in [0.25, 0.3) is 0 Å². The standard InChI is InChI=1S/C11H20O3/c1-13-11-14-10-8-6-4-2-3-5-7-9-12/h12H,4-11H2,1H3. The van der Waals surface area contributed by atoms with Crippen molar-refractivity contribution in [2.75, 3.05) is 27.1 Å². The Kier molecular flexibility index (Phi) is 11.9. The van der Waals surface area contributed by atoms with Gasteiger partial charge in [0.15, 0.2) is 0 Å². The van der Waals surface area contributed by atoms with Crippen LogP contribution in [0.4, 0.5) is 0 Å². The molecule has 0 amide bonds. The summed E-state index contributed by atoms with van der Waals surface area (Å²) in [6, 6.07) is 0. The van der Waals surface area contributed by atoms with Crippen LogP contribution in [-0.2, 0) is 9.47 Å². The summed E-state index contributed by atoms with van der Waals surface area (Å²) in [5.74, 6) is 6.08. The second kappa shape index (κ2) is 12.4. The summed E-state index contributed by atoms with van der Waals surface area (Å²) >= 11 is 0. The normalized spacial score (nSPS) is 9.57. The highest BCUT2D eigenvalue weighted by Gasteiger charge is 1.86. The van der Waals surface area contributed by atoms with Gasteiger partial charge in [-0.15, -0.1) is 11.8 Å². The molecule has 0 fully saturated rings. The third kappa shape index (κ3) is 11.4. The molecule has 0 unspecified atom stereocenters. The van der Waals surface area contributed by atoms with Crippen molar-refractivity contribution in [3.05, 3.63) is 0 Å². The van der Waals surface area contributed by atoms with Crippen molar-refractivity contribution in [3.8, 4) is 11.8 Å². The molecule has 0 radical (unpaired) electrons. The van der Waals surface area contributed by atoms with E-state index in [0.29, 0.717) is 6.79 Å². The van der Waals surface area contributed by atoms with Crippen LogP contribution in [-0.4, -0.2) is 32.2 Å². The maximum absolute atomic E-state index is 8.49. The largest absolute Gasteiger partial charge is 0.396 e. The fourth-order valence-electron chi connectivity index (χ4n) is 0.904. The Morgan fingerprint density at radius 1 is 1.07 bits per heavy atom. The molecule has 0 heterocycles. The van der Waals surface area contributed by atoms with Crippen molar-refractivity contribution in [1.29, 1.82) is 0 Å². The smallest absolute Gasteiger partial charge is 0.146 e. The first-order valence-electron chi connectivity index (χ1n) is 5.05. The van der Waals surface area contributed by atoms with E-state index in [-0.39, 0.29) is 6.61 Å². The Bertz CT molecular complexity index is 158. The Labute approximate surface area is 86.4 Å². The van der Waals surface area contributed by atoms with Gasteiger partial charge in [0.1, 0.15) is 6.79 Å². The summed E-state index contributed by atoms with van der Waals surface area (Å²) in [5.41, 5.74) is 0. The lowest BCUT2D eigenvalue weighted by molar-refractivity contribution is -0.0313. The molecule has 3 nitrogen and oxygen atoms in total.